The number of carbonyl (C=O) groups excluding carboxylic acids is 1. The van der Waals surface area contributed by atoms with E-state index in [9.17, 15) is 9.59 Å². The number of fused-ring (bicyclic) bond motifs is 3. The SMILES string of the molecule is CC1CCC(OC(=O)Cn2cnc3sc4c(c3c2=O)CCCC4)CC1. The second-order valence-electron chi connectivity index (χ2n) is 7.44. The summed E-state index contributed by atoms with van der Waals surface area (Å²) in [6, 6.07) is 0. The van der Waals surface area contributed by atoms with E-state index >= 15 is 0 Å². The third-order valence-electron chi connectivity index (χ3n) is 5.50. The van der Waals surface area contributed by atoms with Gasteiger partial charge in [-0.1, -0.05) is 6.92 Å². The number of esters is 1. The number of aryl methyl sites for hydroxylation is 2. The highest BCUT2D eigenvalue weighted by Gasteiger charge is 2.23. The number of nitrogens with zero attached hydrogens (tertiary/aromatic N) is 2. The van der Waals surface area contributed by atoms with Gasteiger partial charge in [-0.05, 0) is 62.8 Å². The highest BCUT2D eigenvalue weighted by molar-refractivity contribution is 7.18. The van der Waals surface area contributed by atoms with Crippen LogP contribution in [0.2, 0.25) is 0 Å². The van der Waals surface area contributed by atoms with Crippen LogP contribution in [0.4, 0.5) is 0 Å². The summed E-state index contributed by atoms with van der Waals surface area (Å²) in [6.45, 7) is 2.19. The zero-order chi connectivity index (χ0) is 17.4. The van der Waals surface area contributed by atoms with Crippen LogP contribution in [0.1, 0.15) is 55.9 Å². The van der Waals surface area contributed by atoms with E-state index in [2.05, 4.69) is 11.9 Å². The summed E-state index contributed by atoms with van der Waals surface area (Å²) < 4.78 is 7.00. The highest BCUT2D eigenvalue weighted by atomic mass is 32.1. The Morgan fingerprint density at radius 2 is 2.04 bits per heavy atom. The Morgan fingerprint density at radius 3 is 2.84 bits per heavy atom. The Bertz CT molecular complexity index is 846. The van der Waals surface area contributed by atoms with Gasteiger partial charge in [0.2, 0.25) is 0 Å². The Morgan fingerprint density at radius 1 is 1.28 bits per heavy atom. The van der Waals surface area contributed by atoms with Crippen LogP contribution in [0.25, 0.3) is 10.2 Å². The number of hydrogen-bond donors (Lipinski definition) is 0. The Labute approximate surface area is 151 Å². The molecule has 1 saturated carbocycles. The lowest BCUT2D eigenvalue weighted by Crippen LogP contribution is -2.29. The van der Waals surface area contributed by atoms with Gasteiger partial charge in [0, 0.05) is 4.88 Å². The van der Waals surface area contributed by atoms with Gasteiger partial charge in [-0.15, -0.1) is 11.3 Å². The van der Waals surface area contributed by atoms with Crippen LogP contribution in [0, 0.1) is 5.92 Å². The molecule has 2 heterocycles. The number of hydrogen-bond acceptors (Lipinski definition) is 5. The maximum absolute atomic E-state index is 12.9. The molecule has 5 nitrogen and oxygen atoms in total. The van der Waals surface area contributed by atoms with E-state index in [1.807, 2.05) is 0 Å². The molecule has 2 aliphatic carbocycles. The first kappa shape index (κ1) is 16.8. The third kappa shape index (κ3) is 3.36. The third-order valence-corrected chi connectivity index (χ3v) is 6.70. The summed E-state index contributed by atoms with van der Waals surface area (Å²) in [4.78, 5) is 31.7. The standard InChI is InChI=1S/C19H24N2O3S/c1-12-6-8-13(9-7-12)24-16(22)10-21-11-20-18-17(19(21)23)14-4-2-3-5-15(14)25-18/h11-13H,2-10H2,1H3. The predicted octanol–water partition coefficient (Wildman–Crippen LogP) is 3.46. The smallest absolute Gasteiger partial charge is 0.326 e. The van der Waals surface area contributed by atoms with Crippen molar-refractivity contribution in [1.82, 2.24) is 9.55 Å². The molecule has 2 aromatic rings. The molecule has 0 amide bonds. The van der Waals surface area contributed by atoms with Crippen LogP contribution in [0.3, 0.4) is 0 Å². The fourth-order valence-electron chi connectivity index (χ4n) is 4.00. The first-order valence-electron chi connectivity index (χ1n) is 9.31. The Balaban J connectivity index is 1.52. The highest BCUT2D eigenvalue weighted by Crippen LogP contribution is 2.33. The average Bonchev–Trinajstić information content (AvgIpc) is 2.99. The van der Waals surface area contributed by atoms with E-state index in [1.54, 1.807) is 11.3 Å². The van der Waals surface area contributed by atoms with Crippen molar-refractivity contribution in [1.29, 1.82) is 0 Å². The molecule has 0 bridgehead atoms. The van der Waals surface area contributed by atoms with E-state index < -0.39 is 0 Å². The lowest BCUT2D eigenvalue weighted by atomic mass is 9.89. The molecule has 0 saturated heterocycles. The van der Waals surface area contributed by atoms with Gasteiger partial charge in [-0.3, -0.25) is 14.2 Å². The van der Waals surface area contributed by atoms with Gasteiger partial charge in [0.15, 0.2) is 0 Å². The summed E-state index contributed by atoms with van der Waals surface area (Å²) in [5.74, 6) is 0.390. The van der Waals surface area contributed by atoms with Crippen LogP contribution in [0.5, 0.6) is 0 Å². The minimum Gasteiger partial charge on any atom is -0.461 e. The molecule has 0 aliphatic heterocycles. The fraction of sp³-hybridized carbons (Fsp3) is 0.632. The summed E-state index contributed by atoms with van der Waals surface area (Å²) in [6.07, 6.45) is 9.85. The van der Waals surface area contributed by atoms with E-state index in [1.165, 1.54) is 22.2 Å². The zero-order valence-corrected chi connectivity index (χ0v) is 15.4. The van der Waals surface area contributed by atoms with Gasteiger partial charge in [-0.25, -0.2) is 4.98 Å². The minimum absolute atomic E-state index is 0.00463. The largest absolute Gasteiger partial charge is 0.461 e. The Kier molecular flexibility index (Phi) is 4.63. The molecular formula is C19H24N2O3S. The maximum atomic E-state index is 12.9. The molecule has 0 N–H and O–H groups in total. The van der Waals surface area contributed by atoms with Crippen LogP contribution in [0.15, 0.2) is 11.1 Å². The second kappa shape index (κ2) is 6.90. The van der Waals surface area contributed by atoms with Gasteiger partial charge >= 0.3 is 5.97 Å². The van der Waals surface area contributed by atoms with Gasteiger partial charge in [0.05, 0.1) is 11.7 Å². The van der Waals surface area contributed by atoms with Crippen molar-refractivity contribution in [2.24, 2.45) is 5.92 Å². The lowest BCUT2D eigenvalue weighted by molar-refractivity contribution is -0.151. The quantitative estimate of drug-likeness (QED) is 0.787. The van der Waals surface area contributed by atoms with Crippen molar-refractivity contribution < 1.29 is 9.53 Å². The molecule has 4 rings (SSSR count). The lowest BCUT2D eigenvalue weighted by Gasteiger charge is -2.26. The van der Waals surface area contributed by atoms with Crippen LogP contribution in [-0.2, 0) is 28.9 Å². The summed E-state index contributed by atoms with van der Waals surface area (Å²) >= 11 is 1.63. The molecule has 2 aliphatic rings. The molecule has 134 valence electrons. The monoisotopic (exact) mass is 360 g/mol. The van der Waals surface area contributed by atoms with E-state index in [0.717, 1.165) is 60.7 Å². The van der Waals surface area contributed by atoms with Gasteiger partial charge in [0.25, 0.3) is 5.56 Å². The van der Waals surface area contributed by atoms with Gasteiger partial charge in [-0.2, -0.15) is 0 Å². The first-order chi connectivity index (χ1) is 12.1. The first-order valence-corrected chi connectivity index (χ1v) is 10.1. The van der Waals surface area contributed by atoms with Crippen LogP contribution in [-0.4, -0.2) is 21.6 Å². The minimum atomic E-state index is -0.327. The number of ether oxygens (including phenoxy) is 1. The number of carbonyl (C=O) groups is 1. The molecular weight excluding hydrogens is 336 g/mol. The van der Waals surface area contributed by atoms with E-state index in [4.69, 9.17) is 4.74 Å². The second-order valence-corrected chi connectivity index (χ2v) is 8.52. The molecule has 0 radical (unpaired) electrons. The summed E-state index contributed by atoms with van der Waals surface area (Å²) in [5, 5.41) is 0.724. The number of rotatable bonds is 3. The van der Waals surface area contributed by atoms with Gasteiger partial charge < -0.3 is 4.74 Å². The molecule has 0 spiro atoms. The van der Waals surface area contributed by atoms with Crippen LogP contribution < -0.4 is 5.56 Å². The molecule has 2 aromatic heterocycles. The van der Waals surface area contributed by atoms with Crippen molar-refractivity contribution in [3.63, 3.8) is 0 Å². The molecule has 0 unspecified atom stereocenters. The predicted molar refractivity (Wildman–Crippen MR) is 98.0 cm³/mol. The number of thiophene rings is 1. The average molecular weight is 360 g/mol. The molecule has 1 fully saturated rings. The van der Waals surface area contributed by atoms with Crippen molar-refractivity contribution >= 4 is 27.5 Å². The molecule has 0 atom stereocenters. The van der Waals surface area contributed by atoms with Crippen LogP contribution >= 0.6 is 11.3 Å². The van der Waals surface area contributed by atoms with Crippen molar-refractivity contribution in [2.75, 3.05) is 0 Å². The maximum Gasteiger partial charge on any atom is 0.326 e. The normalized spacial score (nSPS) is 23.4. The van der Waals surface area contributed by atoms with Crippen molar-refractivity contribution in [2.45, 2.75) is 70.9 Å². The summed E-state index contributed by atoms with van der Waals surface area (Å²) in [7, 11) is 0. The Hall–Kier alpha value is -1.69. The molecule has 0 aromatic carbocycles. The van der Waals surface area contributed by atoms with E-state index in [-0.39, 0.29) is 24.2 Å². The van der Waals surface area contributed by atoms with E-state index in [0.29, 0.717) is 5.92 Å². The van der Waals surface area contributed by atoms with Gasteiger partial charge in [0.1, 0.15) is 17.5 Å². The summed E-state index contributed by atoms with van der Waals surface area (Å²) in [5.41, 5.74) is 1.06. The molecule has 6 heteroatoms. The molecule has 25 heavy (non-hydrogen) atoms. The fourth-order valence-corrected chi connectivity index (χ4v) is 5.22. The number of aromatic nitrogens is 2. The topological polar surface area (TPSA) is 61.2 Å². The van der Waals surface area contributed by atoms with Crippen molar-refractivity contribution in [3.05, 3.63) is 27.1 Å². The van der Waals surface area contributed by atoms with Crippen molar-refractivity contribution in [3.8, 4) is 0 Å². The zero-order valence-electron chi connectivity index (χ0n) is 14.6.